The third-order valence-electron chi connectivity index (χ3n) is 5.05. The van der Waals surface area contributed by atoms with Crippen molar-refractivity contribution in [2.75, 3.05) is 5.32 Å². The van der Waals surface area contributed by atoms with Crippen molar-refractivity contribution in [2.24, 2.45) is 0 Å². The number of benzene rings is 3. The Kier molecular flexibility index (Phi) is 5.19. The zero-order chi connectivity index (χ0) is 21.3. The summed E-state index contributed by atoms with van der Waals surface area (Å²) < 4.78 is 1.74. The number of hydrogen-bond acceptors (Lipinski definition) is 3. The number of aryl methyl sites for hydroxylation is 4. The Labute approximate surface area is 176 Å². The maximum Gasteiger partial charge on any atom is 0.295 e. The number of carbonyl (C=O) groups excluding carboxylic acids is 1. The van der Waals surface area contributed by atoms with Crippen molar-refractivity contribution < 1.29 is 4.79 Å². The van der Waals surface area contributed by atoms with Crippen LogP contribution in [0.15, 0.2) is 66.7 Å². The maximum atomic E-state index is 13.0. The monoisotopic (exact) mass is 396 g/mol. The van der Waals surface area contributed by atoms with Gasteiger partial charge in [0.05, 0.1) is 5.69 Å². The first-order valence-electron chi connectivity index (χ1n) is 9.91. The minimum atomic E-state index is -0.326. The highest BCUT2D eigenvalue weighted by atomic mass is 16.2. The second kappa shape index (κ2) is 7.95. The molecule has 1 heterocycles. The average molecular weight is 396 g/mol. The smallest absolute Gasteiger partial charge is 0.295 e. The minimum Gasteiger partial charge on any atom is -0.319 e. The zero-order valence-electron chi connectivity index (χ0n) is 17.6. The van der Waals surface area contributed by atoms with Gasteiger partial charge in [-0.3, -0.25) is 4.79 Å². The van der Waals surface area contributed by atoms with E-state index in [1.807, 2.05) is 94.4 Å². The molecule has 1 aromatic heterocycles. The molecule has 1 N–H and O–H groups in total. The summed E-state index contributed by atoms with van der Waals surface area (Å²) in [5, 5.41) is 7.56. The summed E-state index contributed by atoms with van der Waals surface area (Å²) in [6, 6.07) is 22.0. The summed E-state index contributed by atoms with van der Waals surface area (Å²) in [7, 11) is 0. The Morgan fingerprint density at radius 3 is 2.13 bits per heavy atom. The highest BCUT2D eigenvalue weighted by molar-refractivity contribution is 6.02. The van der Waals surface area contributed by atoms with E-state index in [1.165, 1.54) is 0 Å². The van der Waals surface area contributed by atoms with Crippen LogP contribution in [0.2, 0.25) is 0 Å². The Morgan fingerprint density at radius 1 is 0.833 bits per heavy atom. The maximum absolute atomic E-state index is 13.0. The first kappa shape index (κ1) is 19.6. The lowest BCUT2D eigenvalue weighted by Gasteiger charge is -2.09. The standard InChI is InChI=1S/C25H24N4O/c1-16-8-5-12-20(14-16)24-27-23(28-29(24)21-13-6-9-17(2)15-21)25(30)26-22-18(3)10-7-11-19(22)4/h5-15H,1-4H3,(H,26,30). The van der Waals surface area contributed by atoms with Gasteiger partial charge >= 0.3 is 0 Å². The molecule has 0 atom stereocenters. The van der Waals surface area contributed by atoms with Crippen LogP contribution >= 0.6 is 0 Å². The zero-order valence-corrected chi connectivity index (χ0v) is 17.6. The van der Waals surface area contributed by atoms with E-state index >= 15 is 0 Å². The van der Waals surface area contributed by atoms with Crippen molar-refractivity contribution in [1.82, 2.24) is 14.8 Å². The molecule has 0 spiro atoms. The molecule has 0 saturated carbocycles. The summed E-state index contributed by atoms with van der Waals surface area (Å²) in [5.74, 6) is 0.444. The number of hydrogen-bond donors (Lipinski definition) is 1. The van der Waals surface area contributed by atoms with Gasteiger partial charge in [-0.2, -0.15) is 0 Å². The van der Waals surface area contributed by atoms with E-state index in [-0.39, 0.29) is 11.7 Å². The molecule has 4 aromatic rings. The van der Waals surface area contributed by atoms with Gasteiger partial charge in [-0.15, -0.1) is 5.10 Å². The van der Waals surface area contributed by atoms with E-state index in [4.69, 9.17) is 0 Å². The van der Waals surface area contributed by atoms with Crippen LogP contribution in [-0.4, -0.2) is 20.7 Å². The SMILES string of the molecule is Cc1cccc(-c2nc(C(=O)Nc3c(C)cccc3C)nn2-c2cccc(C)c2)c1. The van der Waals surface area contributed by atoms with Gasteiger partial charge in [0, 0.05) is 11.3 Å². The predicted octanol–water partition coefficient (Wildman–Crippen LogP) is 5.42. The summed E-state index contributed by atoms with van der Waals surface area (Å²) in [4.78, 5) is 17.7. The minimum absolute atomic E-state index is 0.135. The topological polar surface area (TPSA) is 59.8 Å². The number of rotatable bonds is 4. The van der Waals surface area contributed by atoms with Crippen LogP contribution < -0.4 is 5.32 Å². The fourth-order valence-corrected chi connectivity index (χ4v) is 3.50. The number of nitrogens with one attached hydrogen (secondary N) is 1. The van der Waals surface area contributed by atoms with E-state index in [1.54, 1.807) is 4.68 Å². The Hall–Kier alpha value is -3.73. The second-order valence-corrected chi connectivity index (χ2v) is 7.60. The molecule has 5 heteroatoms. The molecule has 0 bridgehead atoms. The molecule has 0 radical (unpaired) electrons. The van der Waals surface area contributed by atoms with Gasteiger partial charge in [-0.05, 0) is 62.6 Å². The fourth-order valence-electron chi connectivity index (χ4n) is 3.50. The van der Waals surface area contributed by atoms with Gasteiger partial charge in [0.25, 0.3) is 5.91 Å². The molecule has 5 nitrogen and oxygen atoms in total. The summed E-state index contributed by atoms with van der Waals surface area (Å²) >= 11 is 0. The number of para-hydroxylation sites is 1. The van der Waals surface area contributed by atoms with Gasteiger partial charge in [0.1, 0.15) is 0 Å². The van der Waals surface area contributed by atoms with Crippen LogP contribution in [0.5, 0.6) is 0 Å². The quantitative estimate of drug-likeness (QED) is 0.501. The molecule has 4 rings (SSSR count). The normalized spacial score (nSPS) is 10.8. The molecule has 150 valence electrons. The van der Waals surface area contributed by atoms with Crippen LogP contribution in [0.1, 0.15) is 32.9 Å². The van der Waals surface area contributed by atoms with Crippen LogP contribution in [0, 0.1) is 27.7 Å². The summed E-state index contributed by atoms with van der Waals surface area (Å²) in [6.45, 7) is 8.01. The first-order chi connectivity index (χ1) is 14.4. The van der Waals surface area contributed by atoms with Crippen LogP contribution in [0.4, 0.5) is 5.69 Å². The lowest BCUT2D eigenvalue weighted by molar-refractivity contribution is 0.101. The van der Waals surface area contributed by atoms with Crippen molar-refractivity contribution in [3.8, 4) is 17.1 Å². The molecular weight excluding hydrogens is 372 g/mol. The Bertz CT molecular complexity index is 1160. The summed E-state index contributed by atoms with van der Waals surface area (Å²) in [6.07, 6.45) is 0. The van der Waals surface area contributed by atoms with E-state index in [9.17, 15) is 4.79 Å². The van der Waals surface area contributed by atoms with E-state index < -0.39 is 0 Å². The largest absolute Gasteiger partial charge is 0.319 e. The number of aromatic nitrogens is 3. The second-order valence-electron chi connectivity index (χ2n) is 7.60. The number of carbonyl (C=O) groups is 1. The van der Waals surface area contributed by atoms with Crippen molar-refractivity contribution in [3.63, 3.8) is 0 Å². The number of nitrogens with zero attached hydrogens (tertiary/aromatic N) is 3. The van der Waals surface area contributed by atoms with Crippen molar-refractivity contribution in [3.05, 3.63) is 94.8 Å². The summed E-state index contributed by atoms with van der Waals surface area (Å²) in [5.41, 5.74) is 6.81. The molecule has 0 unspecified atom stereocenters. The van der Waals surface area contributed by atoms with Gasteiger partial charge in [0.2, 0.25) is 5.82 Å². The van der Waals surface area contributed by atoms with E-state index in [2.05, 4.69) is 15.4 Å². The van der Waals surface area contributed by atoms with E-state index in [0.717, 1.165) is 39.2 Å². The molecule has 0 aliphatic rings. The molecule has 1 amide bonds. The molecule has 3 aromatic carbocycles. The molecule has 30 heavy (non-hydrogen) atoms. The highest BCUT2D eigenvalue weighted by Crippen LogP contribution is 2.24. The number of amides is 1. The molecule has 0 aliphatic heterocycles. The third kappa shape index (κ3) is 3.87. The first-order valence-corrected chi connectivity index (χ1v) is 9.91. The lowest BCUT2D eigenvalue weighted by atomic mass is 10.1. The molecular formula is C25H24N4O. The van der Waals surface area contributed by atoms with Crippen LogP contribution in [0.3, 0.4) is 0 Å². The van der Waals surface area contributed by atoms with Crippen molar-refractivity contribution in [1.29, 1.82) is 0 Å². The Morgan fingerprint density at radius 2 is 1.47 bits per heavy atom. The predicted molar refractivity (Wildman–Crippen MR) is 120 cm³/mol. The van der Waals surface area contributed by atoms with Crippen molar-refractivity contribution in [2.45, 2.75) is 27.7 Å². The molecule has 0 aliphatic carbocycles. The van der Waals surface area contributed by atoms with Gasteiger partial charge < -0.3 is 5.32 Å². The van der Waals surface area contributed by atoms with Crippen molar-refractivity contribution >= 4 is 11.6 Å². The third-order valence-corrected chi connectivity index (χ3v) is 5.05. The van der Waals surface area contributed by atoms with Gasteiger partial charge in [-0.25, -0.2) is 9.67 Å². The molecule has 0 saturated heterocycles. The van der Waals surface area contributed by atoms with E-state index in [0.29, 0.717) is 5.82 Å². The number of anilines is 1. The molecule has 0 fully saturated rings. The average Bonchev–Trinajstić information content (AvgIpc) is 3.16. The Balaban J connectivity index is 1.80. The lowest BCUT2D eigenvalue weighted by Crippen LogP contribution is -2.16. The van der Waals surface area contributed by atoms with Crippen LogP contribution in [-0.2, 0) is 0 Å². The highest BCUT2D eigenvalue weighted by Gasteiger charge is 2.20. The fraction of sp³-hybridized carbons (Fsp3) is 0.160. The van der Waals surface area contributed by atoms with Gasteiger partial charge in [0.15, 0.2) is 5.82 Å². The van der Waals surface area contributed by atoms with Gasteiger partial charge in [-0.1, -0.05) is 54.1 Å². The van der Waals surface area contributed by atoms with Crippen LogP contribution in [0.25, 0.3) is 17.1 Å².